The highest BCUT2D eigenvalue weighted by Crippen LogP contribution is 2.45. The summed E-state index contributed by atoms with van der Waals surface area (Å²) >= 11 is 5.03. The van der Waals surface area contributed by atoms with Crippen molar-refractivity contribution in [2.45, 2.75) is 27.6 Å². The average Bonchev–Trinajstić information content (AvgIpc) is 1.81. The highest BCUT2D eigenvalue weighted by molar-refractivity contribution is 14.2. The fourth-order valence-electron chi connectivity index (χ4n) is 1.18. The van der Waals surface area contributed by atoms with Crippen LogP contribution in [0.25, 0.3) is 0 Å². The van der Waals surface area contributed by atoms with Crippen molar-refractivity contribution in [3.05, 3.63) is 0 Å². The van der Waals surface area contributed by atoms with Gasteiger partial charge < -0.3 is 5.41 Å². The van der Waals surface area contributed by atoms with Gasteiger partial charge in [0.1, 0.15) is 0 Å². The van der Waals surface area contributed by atoms with Crippen molar-refractivity contribution in [3.8, 4) is 0 Å². The molecule has 1 unspecified atom stereocenters. The van der Waals surface area contributed by atoms with Crippen LogP contribution in [0.3, 0.4) is 0 Å². The first-order valence-corrected chi connectivity index (χ1v) is 5.62. The summed E-state index contributed by atoms with van der Waals surface area (Å²) in [5, 5.41) is 7.49. The number of alkyl halides is 2. The Balaban J connectivity index is 2.60. The van der Waals surface area contributed by atoms with Crippen LogP contribution in [0.2, 0.25) is 0 Å². The largest absolute Gasteiger partial charge is 0.310 e. The van der Waals surface area contributed by atoms with Crippen LogP contribution in [0.5, 0.6) is 0 Å². The van der Waals surface area contributed by atoms with E-state index in [1.807, 2.05) is 0 Å². The van der Waals surface area contributed by atoms with Crippen LogP contribution in [-0.2, 0) is 0 Å². The molecule has 1 rings (SSSR count). The van der Waals surface area contributed by atoms with Gasteiger partial charge >= 0.3 is 0 Å². The van der Waals surface area contributed by atoms with Gasteiger partial charge in [0.2, 0.25) is 0 Å². The fourth-order valence-corrected chi connectivity index (χ4v) is 2.16. The zero-order chi connectivity index (χ0) is 7.78. The normalized spacial score (nSPS) is 32.3. The third-order valence-corrected chi connectivity index (χ3v) is 5.24. The monoisotopic (exact) mass is 363 g/mol. The zero-order valence-corrected chi connectivity index (χ0v) is 10.3. The van der Waals surface area contributed by atoms with Gasteiger partial charge in [0.15, 0.2) is 0 Å². The van der Waals surface area contributed by atoms with Crippen LogP contribution in [-0.4, -0.2) is 7.14 Å². The smallest absolute Gasteiger partial charge is 0.0767 e. The molecule has 0 bridgehead atoms. The van der Waals surface area contributed by atoms with E-state index in [2.05, 4.69) is 52.1 Å². The van der Waals surface area contributed by atoms with Crippen molar-refractivity contribution in [2.24, 2.45) is 5.92 Å². The molecule has 58 valence electrons. The second-order valence-corrected chi connectivity index (χ2v) is 8.88. The maximum Gasteiger partial charge on any atom is 0.0767 e. The summed E-state index contributed by atoms with van der Waals surface area (Å²) in [5.41, 5.74) is 0.941. The molecule has 1 nitrogen and oxygen atoms in total. The minimum absolute atomic E-state index is 0.417. The molecule has 0 aromatic heterocycles. The minimum Gasteiger partial charge on any atom is -0.310 e. The maximum atomic E-state index is 7.49. The van der Waals surface area contributed by atoms with Gasteiger partial charge in [0.05, 0.1) is 1.43 Å². The molecular formula is C7H11I2N. The van der Waals surface area contributed by atoms with Gasteiger partial charge in [-0.2, -0.15) is 0 Å². The standard InChI is InChI=1S/C7H11I2N/c1-5-4-6(10)2-3-7(5,8)9/h5,10H,2-4H2,1H3. The fraction of sp³-hybridized carbons (Fsp3) is 0.857. The van der Waals surface area contributed by atoms with E-state index >= 15 is 0 Å². The van der Waals surface area contributed by atoms with Gasteiger partial charge in [0.25, 0.3) is 0 Å². The SMILES string of the molecule is CC1CC(=N)CCC1(I)I. The molecule has 1 atom stereocenters. The van der Waals surface area contributed by atoms with E-state index in [0.717, 1.165) is 18.6 Å². The van der Waals surface area contributed by atoms with Crippen molar-refractivity contribution in [1.29, 1.82) is 5.41 Å². The first kappa shape index (κ1) is 9.22. The first-order valence-electron chi connectivity index (χ1n) is 3.46. The Kier molecular flexibility index (Phi) is 2.99. The number of nitrogens with one attached hydrogen (secondary N) is 1. The van der Waals surface area contributed by atoms with E-state index in [9.17, 15) is 0 Å². The van der Waals surface area contributed by atoms with E-state index in [0.29, 0.717) is 7.35 Å². The van der Waals surface area contributed by atoms with Crippen LogP contribution in [0, 0.1) is 11.3 Å². The Morgan fingerprint density at radius 1 is 1.60 bits per heavy atom. The molecule has 0 heterocycles. The molecule has 0 spiro atoms. The molecule has 1 N–H and O–H groups in total. The van der Waals surface area contributed by atoms with Crippen LogP contribution >= 0.6 is 45.2 Å². The molecule has 0 aliphatic heterocycles. The van der Waals surface area contributed by atoms with Gasteiger partial charge in [-0.15, -0.1) is 0 Å². The third-order valence-electron chi connectivity index (χ3n) is 2.03. The molecular weight excluding hydrogens is 352 g/mol. The molecule has 0 aromatic carbocycles. The summed E-state index contributed by atoms with van der Waals surface area (Å²) < 4.78 is 0.417. The quantitative estimate of drug-likeness (QED) is 0.504. The molecule has 1 fully saturated rings. The third kappa shape index (κ3) is 2.06. The summed E-state index contributed by atoms with van der Waals surface area (Å²) in [4.78, 5) is 0. The maximum absolute atomic E-state index is 7.49. The van der Waals surface area contributed by atoms with Gasteiger partial charge in [-0.25, -0.2) is 0 Å². The van der Waals surface area contributed by atoms with Crippen molar-refractivity contribution >= 4 is 50.9 Å². The van der Waals surface area contributed by atoms with Crippen molar-refractivity contribution in [3.63, 3.8) is 0 Å². The van der Waals surface area contributed by atoms with E-state index in [1.165, 1.54) is 6.42 Å². The second kappa shape index (κ2) is 3.25. The minimum atomic E-state index is 0.417. The van der Waals surface area contributed by atoms with E-state index < -0.39 is 0 Å². The van der Waals surface area contributed by atoms with Gasteiger partial charge in [-0.3, -0.25) is 0 Å². The number of halogens is 2. The zero-order valence-electron chi connectivity index (χ0n) is 5.95. The van der Waals surface area contributed by atoms with Gasteiger partial charge in [-0.05, 0) is 25.2 Å². The lowest BCUT2D eigenvalue weighted by molar-refractivity contribution is 0.516. The summed E-state index contributed by atoms with van der Waals surface area (Å²) in [6.07, 6.45) is 3.19. The highest BCUT2D eigenvalue weighted by atomic mass is 127. The van der Waals surface area contributed by atoms with E-state index in [1.54, 1.807) is 0 Å². The lowest BCUT2D eigenvalue weighted by Crippen LogP contribution is -2.29. The van der Waals surface area contributed by atoms with Crippen molar-refractivity contribution in [2.75, 3.05) is 0 Å². The molecule has 1 aliphatic rings. The molecule has 10 heavy (non-hydrogen) atoms. The number of hydrogen-bond acceptors (Lipinski definition) is 1. The number of hydrogen-bond donors (Lipinski definition) is 1. The Labute approximate surface area is 89.1 Å². The molecule has 0 radical (unpaired) electrons. The van der Waals surface area contributed by atoms with Crippen molar-refractivity contribution in [1.82, 2.24) is 0 Å². The summed E-state index contributed by atoms with van der Waals surface area (Å²) in [5.74, 6) is 0.676. The Morgan fingerprint density at radius 2 is 2.20 bits per heavy atom. The second-order valence-electron chi connectivity index (χ2n) is 2.97. The predicted octanol–water partition coefficient (Wildman–Crippen LogP) is 3.39. The topological polar surface area (TPSA) is 23.9 Å². The summed E-state index contributed by atoms with van der Waals surface area (Å²) in [6.45, 7) is 2.24. The molecule has 3 heteroatoms. The number of rotatable bonds is 0. The first-order chi connectivity index (χ1) is 4.52. The van der Waals surface area contributed by atoms with Crippen LogP contribution in [0.1, 0.15) is 26.2 Å². The average molecular weight is 363 g/mol. The van der Waals surface area contributed by atoms with E-state index in [-0.39, 0.29) is 0 Å². The van der Waals surface area contributed by atoms with Gasteiger partial charge in [-0.1, -0.05) is 52.1 Å². The Hall–Kier alpha value is 1.13. The molecule has 0 aromatic rings. The summed E-state index contributed by atoms with van der Waals surface area (Å²) in [6, 6.07) is 0. The van der Waals surface area contributed by atoms with Crippen LogP contribution in [0.15, 0.2) is 0 Å². The molecule has 0 amide bonds. The van der Waals surface area contributed by atoms with Crippen LogP contribution in [0.4, 0.5) is 0 Å². The molecule has 1 aliphatic carbocycles. The van der Waals surface area contributed by atoms with Crippen LogP contribution < -0.4 is 0 Å². The summed E-state index contributed by atoms with van der Waals surface area (Å²) in [7, 11) is 0. The van der Waals surface area contributed by atoms with Gasteiger partial charge in [0, 0.05) is 5.71 Å². The Bertz CT molecular complexity index is 154. The predicted molar refractivity (Wildman–Crippen MR) is 61.5 cm³/mol. The molecule has 1 saturated carbocycles. The lowest BCUT2D eigenvalue weighted by atomic mass is 9.89. The lowest BCUT2D eigenvalue weighted by Gasteiger charge is -2.32. The highest BCUT2D eigenvalue weighted by Gasteiger charge is 2.34. The van der Waals surface area contributed by atoms with Crippen molar-refractivity contribution < 1.29 is 0 Å². The van der Waals surface area contributed by atoms with E-state index in [4.69, 9.17) is 5.41 Å². The molecule has 0 saturated heterocycles. The Morgan fingerprint density at radius 3 is 2.60 bits per heavy atom.